The standard InChI is InChI=1S/C21H32O3/c1-20-8-5-14(23)12-18(20)13(7-10-22)11-15-16-3-4-19(24)21(16,2)9-6-17(15)20/h13,15-18,22H,3-12H2,1-2H3/t13-,15-,16-,17-,18?,20+,21-/m0/s1. The summed E-state index contributed by atoms with van der Waals surface area (Å²) in [7, 11) is 0. The number of carbonyl (C=O) groups is 2. The summed E-state index contributed by atoms with van der Waals surface area (Å²) in [6, 6.07) is 0. The summed E-state index contributed by atoms with van der Waals surface area (Å²) in [5, 5.41) is 9.60. The van der Waals surface area contributed by atoms with Crippen LogP contribution in [0.2, 0.25) is 0 Å². The first kappa shape index (κ1) is 16.8. The van der Waals surface area contributed by atoms with Crippen molar-refractivity contribution in [2.24, 2.45) is 40.4 Å². The van der Waals surface area contributed by atoms with Crippen molar-refractivity contribution in [3.8, 4) is 0 Å². The number of hydrogen-bond donors (Lipinski definition) is 1. The van der Waals surface area contributed by atoms with Gasteiger partial charge in [0.25, 0.3) is 0 Å². The van der Waals surface area contributed by atoms with Crippen LogP contribution in [0.5, 0.6) is 0 Å². The second-order valence-corrected chi connectivity index (χ2v) is 9.66. The van der Waals surface area contributed by atoms with Crippen molar-refractivity contribution >= 4 is 11.6 Å². The number of ketones is 2. The zero-order valence-corrected chi connectivity index (χ0v) is 15.2. The minimum atomic E-state index is -0.0847. The number of aliphatic hydroxyl groups is 1. The molecule has 0 aliphatic heterocycles. The first-order valence-corrected chi connectivity index (χ1v) is 10.1. The molecular weight excluding hydrogens is 300 g/mol. The molecule has 0 amide bonds. The summed E-state index contributed by atoms with van der Waals surface area (Å²) >= 11 is 0. The molecule has 0 spiro atoms. The van der Waals surface area contributed by atoms with Crippen molar-refractivity contribution in [2.75, 3.05) is 6.61 Å². The second-order valence-electron chi connectivity index (χ2n) is 9.66. The van der Waals surface area contributed by atoms with Crippen LogP contribution >= 0.6 is 0 Å². The molecule has 134 valence electrons. The van der Waals surface area contributed by atoms with Gasteiger partial charge in [-0.3, -0.25) is 9.59 Å². The molecule has 1 unspecified atom stereocenters. The first-order valence-electron chi connectivity index (χ1n) is 10.1. The third-order valence-corrected chi connectivity index (χ3v) is 8.87. The fraction of sp³-hybridized carbons (Fsp3) is 0.905. The lowest BCUT2D eigenvalue weighted by atomic mass is 9.43. The van der Waals surface area contributed by atoms with Crippen molar-refractivity contribution in [3.63, 3.8) is 0 Å². The van der Waals surface area contributed by atoms with Gasteiger partial charge in [-0.2, -0.15) is 0 Å². The fourth-order valence-electron chi connectivity index (χ4n) is 7.54. The van der Waals surface area contributed by atoms with Crippen LogP contribution < -0.4 is 0 Å². The monoisotopic (exact) mass is 332 g/mol. The van der Waals surface area contributed by atoms with Gasteiger partial charge in [0, 0.05) is 31.3 Å². The molecular formula is C21H32O3. The zero-order valence-electron chi connectivity index (χ0n) is 15.2. The van der Waals surface area contributed by atoms with Gasteiger partial charge in [0.1, 0.15) is 11.6 Å². The maximum atomic E-state index is 12.5. The fourth-order valence-corrected chi connectivity index (χ4v) is 7.54. The van der Waals surface area contributed by atoms with E-state index in [1.165, 1.54) is 0 Å². The van der Waals surface area contributed by atoms with E-state index in [0.29, 0.717) is 41.2 Å². The van der Waals surface area contributed by atoms with E-state index in [4.69, 9.17) is 0 Å². The molecule has 0 bridgehead atoms. The molecule has 0 heterocycles. The van der Waals surface area contributed by atoms with Crippen LogP contribution in [0.1, 0.15) is 71.6 Å². The molecule has 0 saturated heterocycles. The third-order valence-electron chi connectivity index (χ3n) is 8.87. The molecule has 4 fully saturated rings. The van der Waals surface area contributed by atoms with Crippen LogP contribution in [-0.2, 0) is 9.59 Å². The Hall–Kier alpha value is -0.700. The van der Waals surface area contributed by atoms with E-state index in [0.717, 1.165) is 57.8 Å². The summed E-state index contributed by atoms with van der Waals surface area (Å²) < 4.78 is 0. The van der Waals surface area contributed by atoms with Crippen LogP contribution in [-0.4, -0.2) is 23.3 Å². The summed E-state index contributed by atoms with van der Waals surface area (Å²) in [5.41, 5.74) is 0.155. The highest BCUT2D eigenvalue weighted by Gasteiger charge is 2.61. The summed E-state index contributed by atoms with van der Waals surface area (Å²) in [6.07, 6.45) is 8.51. The van der Waals surface area contributed by atoms with Crippen molar-refractivity contribution in [1.29, 1.82) is 0 Å². The minimum Gasteiger partial charge on any atom is -0.396 e. The Balaban J connectivity index is 1.69. The number of rotatable bonds is 2. The van der Waals surface area contributed by atoms with E-state index < -0.39 is 0 Å². The Kier molecular flexibility index (Phi) is 3.95. The predicted octanol–water partition coefficient (Wildman–Crippen LogP) is 3.78. The van der Waals surface area contributed by atoms with Gasteiger partial charge in [0.15, 0.2) is 0 Å². The highest BCUT2D eigenvalue weighted by Crippen LogP contribution is 2.66. The van der Waals surface area contributed by atoms with E-state index in [2.05, 4.69) is 13.8 Å². The SMILES string of the molecule is C[C@]12CCC(=O)CC1[C@@H](CCO)C[C@@H]1[C@@H]2CC[C@]2(C)C(=O)CC[C@@H]12. The molecule has 3 nitrogen and oxygen atoms in total. The molecule has 1 N–H and O–H groups in total. The molecule has 0 aromatic carbocycles. The van der Waals surface area contributed by atoms with Crippen molar-refractivity contribution in [3.05, 3.63) is 0 Å². The highest BCUT2D eigenvalue weighted by atomic mass is 16.3. The van der Waals surface area contributed by atoms with Gasteiger partial charge < -0.3 is 5.11 Å². The van der Waals surface area contributed by atoms with Gasteiger partial charge in [-0.1, -0.05) is 13.8 Å². The van der Waals surface area contributed by atoms with Crippen molar-refractivity contribution in [2.45, 2.75) is 71.6 Å². The van der Waals surface area contributed by atoms with E-state index in [-0.39, 0.29) is 17.4 Å². The highest BCUT2D eigenvalue weighted by molar-refractivity contribution is 5.87. The van der Waals surface area contributed by atoms with E-state index >= 15 is 0 Å². The Bertz CT molecular complexity index is 555. The van der Waals surface area contributed by atoms with Crippen LogP contribution in [0.25, 0.3) is 0 Å². The van der Waals surface area contributed by atoms with E-state index in [1.807, 2.05) is 0 Å². The van der Waals surface area contributed by atoms with Gasteiger partial charge in [-0.25, -0.2) is 0 Å². The molecule has 7 atom stereocenters. The maximum absolute atomic E-state index is 12.5. The normalized spacial score (nSPS) is 51.0. The van der Waals surface area contributed by atoms with Crippen LogP contribution in [0, 0.1) is 40.4 Å². The lowest BCUT2D eigenvalue weighted by molar-refractivity contribution is -0.154. The number of Topliss-reactive ketones (excluding diaryl/α,β-unsaturated/α-hetero) is 2. The van der Waals surface area contributed by atoms with Gasteiger partial charge >= 0.3 is 0 Å². The van der Waals surface area contributed by atoms with Crippen LogP contribution in [0.4, 0.5) is 0 Å². The molecule has 24 heavy (non-hydrogen) atoms. The summed E-state index contributed by atoms with van der Waals surface area (Å²) in [5.74, 6) is 3.68. The lowest BCUT2D eigenvalue weighted by Gasteiger charge is -2.61. The average molecular weight is 332 g/mol. The number of aliphatic hydroxyl groups excluding tert-OH is 1. The van der Waals surface area contributed by atoms with Crippen molar-refractivity contribution in [1.82, 2.24) is 0 Å². The molecule has 0 aromatic heterocycles. The topological polar surface area (TPSA) is 54.4 Å². The summed E-state index contributed by atoms with van der Waals surface area (Å²) in [6.45, 7) is 4.89. The number of carbonyl (C=O) groups excluding carboxylic acids is 2. The Morgan fingerprint density at radius 3 is 2.58 bits per heavy atom. The average Bonchev–Trinajstić information content (AvgIpc) is 2.85. The lowest BCUT2D eigenvalue weighted by Crippen LogP contribution is -2.56. The zero-order chi connectivity index (χ0) is 17.1. The number of fused-ring (bicyclic) bond motifs is 5. The molecule has 4 saturated carbocycles. The molecule has 4 aliphatic rings. The van der Waals surface area contributed by atoms with E-state index in [1.54, 1.807) is 0 Å². The Morgan fingerprint density at radius 2 is 1.83 bits per heavy atom. The van der Waals surface area contributed by atoms with Crippen molar-refractivity contribution < 1.29 is 14.7 Å². The molecule has 0 aromatic rings. The Labute approximate surface area is 145 Å². The second kappa shape index (κ2) is 5.65. The van der Waals surface area contributed by atoms with Gasteiger partial charge in [0.05, 0.1) is 0 Å². The van der Waals surface area contributed by atoms with Crippen LogP contribution in [0.3, 0.4) is 0 Å². The minimum absolute atomic E-state index is 0.0847. The molecule has 4 rings (SSSR count). The van der Waals surface area contributed by atoms with Crippen LogP contribution in [0.15, 0.2) is 0 Å². The first-order chi connectivity index (χ1) is 11.4. The third kappa shape index (κ3) is 2.19. The van der Waals surface area contributed by atoms with Gasteiger partial charge in [0.2, 0.25) is 0 Å². The van der Waals surface area contributed by atoms with Gasteiger partial charge in [-0.05, 0) is 73.5 Å². The molecule has 3 heteroatoms. The number of hydrogen-bond acceptors (Lipinski definition) is 3. The largest absolute Gasteiger partial charge is 0.396 e. The van der Waals surface area contributed by atoms with Gasteiger partial charge in [-0.15, -0.1) is 0 Å². The Morgan fingerprint density at radius 1 is 1.04 bits per heavy atom. The smallest absolute Gasteiger partial charge is 0.139 e. The molecule has 0 radical (unpaired) electrons. The molecule has 4 aliphatic carbocycles. The maximum Gasteiger partial charge on any atom is 0.139 e. The quantitative estimate of drug-likeness (QED) is 0.837. The predicted molar refractivity (Wildman–Crippen MR) is 92.3 cm³/mol. The van der Waals surface area contributed by atoms with E-state index in [9.17, 15) is 14.7 Å². The summed E-state index contributed by atoms with van der Waals surface area (Å²) in [4.78, 5) is 24.7.